The average Bonchev–Trinajstić information content (AvgIpc) is 2.75. The van der Waals surface area contributed by atoms with E-state index in [4.69, 9.17) is 14.2 Å². The van der Waals surface area contributed by atoms with Gasteiger partial charge in [-0.2, -0.15) is 0 Å². The van der Waals surface area contributed by atoms with Gasteiger partial charge in [0.25, 0.3) is 0 Å². The number of hydrogen-bond acceptors (Lipinski definition) is 5. The molecule has 2 aliphatic heterocycles. The molecule has 1 fully saturated rings. The Balaban J connectivity index is 1.29. The van der Waals surface area contributed by atoms with Crippen molar-refractivity contribution in [3.8, 4) is 17.2 Å². The average molecular weight is 383 g/mol. The van der Waals surface area contributed by atoms with Crippen LogP contribution in [0.15, 0.2) is 42.5 Å². The van der Waals surface area contributed by atoms with E-state index in [1.165, 1.54) is 11.1 Å². The molecule has 0 spiro atoms. The van der Waals surface area contributed by atoms with Gasteiger partial charge in [-0.15, -0.1) is 0 Å². The third-order valence-electron chi connectivity index (χ3n) is 5.77. The second-order valence-electron chi connectivity index (χ2n) is 7.66. The highest BCUT2D eigenvalue weighted by Crippen LogP contribution is 2.38. The van der Waals surface area contributed by atoms with E-state index in [1.807, 2.05) is 12.1 Å². The fraction of sp³-hybridized carbons (Fsp3) is 0.478. The van der Waals surface area contributed by atoms with E-state index in [1.54, 1.807) is 14.2 Å². The Bertz CT molecular complexity index is 773. The molecule has 150 valence electrons. The van der Waals surface area contributed by atoms with Crippen molar-refractivity contribution < 1.29 is 14.2 Å². The molecule has 4 rings (SSSR count). The van der Waals surface area contributed by atoms with Gasteiger partial charge in [0.2, 0.25) is 0 Å². The van der Waals surface area contributed by atoms with Crippen molar-refractivity contribution in [2.75, 3.05) is 46.9 Å². The van der Waals surface area contributed by atoms with Crippen LogP contribution in [0.5, 0.6) is 17.2 Å². The second kappa shape index (κ2) is 8.84. The molecule has 0 amide bonds. The summed E-state index contributed by atoms with van der Waals surface area (Å²) in [7, 11) is 3.34. The van der Waals surface area contributed by atoms with E-state index in [-0.39, 0.29) is 6.10 Å². The van der Waals surface area contributed by atoms with Crippen molar-refractivity contribution in [1.29, 1.82) is 0 Å². The van der Waals surface area contributed by atoms with Crippen molar-refractivity contribution in [3.63, 3.8) is 0 Å². The minimum atomic E-state index is 0.242. The summed E-state index contributed by atoms with van der Waals surface area (Å²) >= 11 is 0. The van der Waals surface area contributed by atoms with Gasteiger partial charge in [-0.05, 0) is 30.0 Å². The van der Waals surface area contributed by atoms with E-state index >= 15 is 0 Å². The smallest absolute Gasteiger partial charge is 0.164 e. The number of nitrogens with zero attached hydrogens (tertiary/aromatic N) is 2. The van der Waals surface area contributed by atoms with E-state index < -0.39 is 0 Å². The number of methoxy groups -OCH3 is 2. The molecule has 0 saturated carbocycles. The fourth-order valence-corrected chi connectivity index (χ4v) is 4.15. The first-order chi connectivity index (χ1) is 13.7. The zero-order chi connectivity index (χ0) is 19.3. The molecule has 0 aliphatic carbocycles. The van der Waals surface area contributed by atoms with Crippen LogP contribution in [0.1, 0.15) is 17.5 Å². The van der Waals surface area contributed by atoms with Gasteiger partial charge in [0.15, 0.2) is 11.5 Å². The Hall–Kier alpha value is -2.24. The van der Waals surface area contributed by atoms with Crippen LogP contribution in [0.25, 0.3) is 0 Å². The van der Waals surface area contributed by atoms with Crippen LogP contribution in [0, 0.1) is 0 Å². The van der Waals surface area contributed by atoms with Crippen LogP contribution in [0.2, 0.25) is 0 Å². The highest BCUT2D eigenvalue weighted by molar-refractivity contribution is 5.51. The number of fused-ring (bicyclic) bond motifs is 1. The Labute approximate surface area is 167 Å². The summed E-state index contributed by atoms with van der Waals surface area (Å²) in [6.07, 6.45) is 2.31. The minimum absolute atomic E-state index is 0.242. The highest BCUT2D eigenvalue weighted by atomic mass is 16.5. The van der Waals surface area contributed by atoms with Gasteiger partial charge in [-0.1, -0.05) is 30.3 Å². The molecule has 28 heavy (non-hydrogen) atoms. The Morgan fingerprint density at radius 3 is 2.32 bits per heavy atom. The van der Waals surface area contributed by atoms with Crippen LogP contribution in [-0.4, -0.2) is 62.8 Å². The van der Waals surface area contributed by atoms with Gasteiger partial charge in [-0.3, -0.25) is 9.80 Å². The van der Waals surface area contributed by atoms with Crippen molar-refractivity contribution in [3.05, 3.63) is 53.6 Å². The Morgan fingerprint density at radius 1 is 0.929 bits per heavy atom. The molecule has 5 nitrogen and oxygen atoms in total. The summed E-state index contributed by atoms with van der Waals surface area (Å²) in [5, 5.41) is 0. The molecule has 0 N–H and O–H groups in total. The first-order valence-electron chi connectivity index (χ1n) is 10.2. The second-order valence-corrected chi connectivity index (χ2v) is 7.66. The van der Waals surface area contributed by atoms with E-state index in [0.717, 1.165) is 69.4 Å². The molecular weight excluding hydrogens is 352 g/mol. The largest absolute Gasteiger partial charge is 0.493 e. The standard InChI is InChI=1S/C23H30N2O3/c1-26-22-14-19-8-9-20(28-21(19)15-23(22)27-2)17-25-12-10-24(11-13-25)16-18-6-4-3-5-7-18/h3-7,14-15,20H,8-13,16-17H2,1-2H3. The number of rotatable bonds is 6. The first kappa shape index (κ1) is 19.1. The van der Waals surface area contributed by atoms with Gasteiger partial charge >= 0.3 is 0 Å². The lowest BCUT2D eigenvalue weighted by Crippen LogP contribution is -2.49. The molecular formula is C23H30N2O3. The van der Waals surface area contributed by atoms with Crippen LogP contribution in [0.4, 0.5) is 0 Å². The first-order valence-corrected chi connectivity index (χ1v) is 10.2. The Morgan fingerprint density at radius 2 is 1.61 bits per heavy atom. The summed E-state index contributed by atoms with van der Waals surface area (Å²) in [6.45, 7) is 6.47. The Kier molecular flexibility index (Phi) is 6.03. The molecule has 2 heterocycles. The summed E-state index contributed by atoms with van der Waals surface area (Å²) in [6, 6.07) is 14.8. The third kappa shape index (κ3) is 4.42. The van der Waals surface area contributed by atoms with Crippen molar-refractivity contribution in [2.24, 2.45) is 0 Å². The molecule has 2 aromatic carbocycles. The molecule has 5 heteroatoms. The van der Waals surface area contributed by atoms with Crippen LogP contribution in [0.3, 0.4) is 0 Å². The predicted molar refractivity (Wildman–Crippen MR) is 110 cm³/mol. The molecule has 1 saturated heterocycles. The summed E-state index contributed by atoms with van der Waals surface area (Å²) in [4.78, 5) is 5.08. The molecule has 0 radical (unpaired) electrons. The number of piperazine rings is 1. The SMILES string of the molecule is COc1cc2c(cc1OC)OC(CN1CCN(Cc3ccccc3)CC1)CC2. The fourth-order valence-electron chi connectivity index (χ4n) is 4.15. The van der Waals surface area contributed by atoms with E-state index in [0.29, 0.717) is 0 Å². The summed E-state index contributed by atoms with van der Waals surface area (Å²) in [5.74, 6) is 2.45. The van der Waals surface area contributed by atoms with Gasteiger partial charge in [0.1, 0.15) is 11.9 Å². The maximum absolute atomic E-state index is 6.31. The lowest BCUT2D eigenvalue weighted by atomic mass is 10.0. The summed E-state index contributed by atoms with van der Waals surface area (Å²) < 4.78 is 17.1. The maximum atomic E-state index is 6.31. The molecule has 1 atom stereocenters. The number of hydrogen-bond donors (Lipinski definition) is 0. The normalized spacial score (nSPS) is 20.3. The van der Waals surface area contributed by atoms with E-state index in [2.05, 4.69) is 40.1 Å². The lowest BCUT2D eigenvalue weighted by molar-refractivity contribution is 0.0720. The van der Waals surface area contributed by atoms with Crippen LogP contribution >= 0.6 is 0 Å². The molecule has 2 aliphatic rings. The summed E-state index contributed by atoms with van der Waals surface area (Å²) in [5.41, 5.74) is 2.61. The quantitative estimate of drug-likeness (QED) is 0.766. The molecule has 2 aromatic rings. The zero-order valence-electron chi connectivity index (χ0n) is 16.9. The number of ether oxygens (including phenoxy) is 3. The van der Waals surface area contributed by atoms with Gasteiger partial charge in [-0.25, -0.2) is 0 Å². The lowest BCUT2D eigenvalue weighted by Gasteiger charge is -2.37. The van der Waals surface area contributed by atoms with Crippen molar-refractivity contribution in [2.45, 2.75) is 25.5 Å². The third-order valence-corrected chi connectivity index (χ3v) is 5.77. The van der Waals surface area contributed by atoms with Gasteiger partial charge in [0.05, 0.1) is 14.2 Å². The number of aryl methyl sites for hydroxylation is 1. The van der Waals surface area contributed by atoms with Crippen LogP contribution in [-0.2, 0) is 13.0 Å². The zero-order valence-corrected chi connectivity index (χ0v) is 16.9. The number of benzene rings is 2. The highest BCUT2D eigenvalue weighted by Gasteiger charge is 2.26. The molecule has 1 unspecified atom stereocenters. The van der Waals surface area contributed by atoms with Gasteiger partial charge in [0, 0.05) is 45.3 Å². The maximum Gasteiger partial charge on any atom is 0.164 e. The molecule has 0 bridgehead atoms. The van der Waals surface area contributed by atoms with Crippen molar-refractivity contribution >= 4 is 0 Å². The van der Waals surface area contributed by atoms with Gasteiger partial charge < -0.3 is 14.2 Å². The van der Waals surface area contributed by atoms with Crippen LogP contribution < -0.4 is 14.2 Å². The predicted octanol–water partition coefficient (Wildman–Crippen LogP) is 3.22. The minimum Gasteiger partial charge on any atom is -0.493 e. The monoisotopic (exact) mass is 382 g/mol. The van der Waals surface area contributed by atoms with Crippen molar-refractivity contribution in [1.82, 2.24) is 9.80 Å². The van der Waals surface area contributed by atoms with E-state index in [9.17, 15) is 0 Å². The topological polar surface area (TPSA) is 34.2 Å². The molecule has 0 aromatic heterocycles.